The summed E-state index contributed by atoms with van der Waals surface area (Å²) in [6, 6.07) is 6.76. The van der Waals surface area contributed by atoms with Crippen molar-refractivity contribution in [2.24, 2.45) is 0 Å². The number of hydrogen-bond acceptors (Lipinski definition) is 3. The van der Waals surface area contributed by atoms with Gasteiger partial charge < -0.3 is 15.2 Å². The maximum absolute atomic E-state index is 12.1. The van der Waals surface area contributed by atoms with Gasteiger partial charge in [-0.25, -0.2) is 0 Å². The summed E-state index contributed by atoms with van der Waals surface area (Å²) in [5.74, 6) is 0.157. The number of hydrogen-bond donors (Lipinski definition) is 2. The highest BCUT2D eigenvalue weighted by molar-refractivity contribution is 5.30. The van der Waals surface area contributed by atoms with Crippen LogP contribution in [0.15, 0.2) is 24.3 Å². The summed E-state index contributed by atoms with van der Waals surface area (Å²) in [6.45, 7) is 2.84. The molecule has 0 heterocycles. The van der Waals surface area contributed by atoms with Gasteiger partial charge in [0.05, 0.1) is 6.10 Å². The van der Waals surface area contributed by atoms with Crippen molar-refractivity contribution < 1.29 is 18.6 Å². The van der Waals surface area contributed by atoms with Crippen LogP contribution in [0, 0.1) is 0 Å². The zero-order valence-electron chi connectivity index (χ0n) is 11.4. The molecule has 19 heavy (non-hydrogen) atoms. The number of aliphatic hydroxyl groups is 1. The molecular formula is C14H21F2NO2. The number of halogens is 2. The normalized spacial score (nSPS) is 16.2. The second-order valence-electron chi connectivity index (χ2n) is 4.83. The van der Waals surface area contributed by atoms with Gasteiger partial charge in [0.2, 0.25) is 0 Å². The van der Waals surface area contributed by atoms with Gasteiger partial charge in [0.25, 0.3) is 0 Å². The largest absolute Gasteiger partial charge is 0.435 e. The Morgan fingerprint density at radius 2 is 1.95 bits per heavy atom. The van der Waals surface area contributed by atoms with E-state index in [9.17, 15) is 13.9 Å². The van der Waals surface area contributed by atoms with Crippen LogP contribution >= 0.6 is 0 Å². The summed E-state index contributed by atoms with van der Waals surface area (Å²) in [5.41, 5.74) is 0.871. The van der Waals surface area contributed by atoms with E-state index < -0.39 is 6.61 Å². The van der Waals surface area contributed by atoms with E-state index in [1.165, 1.54) is 6.07 Å². The Morgan fingerprint density at radius 1 is 1.26 bits per heavy atom. The van der Waals surface area contributed by atoms with E-state index in [0.29, 0.717) is 6.42 Å². The first kappa shape index (κ1) is 15.9. The molecule has 2 N–H and O–H groups in total. The monoisotopic (exact) mass is 273 g/mol. The molecule has 0 amide bonds. The molecule has 0 spiro atoms. The summed E-state index contributed by atoms with van der Waals surface area (Å²) in [6.07, 6.45) is 0.264. The fourth-order valence-electron chi connectivity index (χ4n) is 2.06. The first-order valence-electron chi connectivity index (χ1n) is 6.37. The van der Waals surface area contributed by atoms with Crippen LogP contribution < -0.4 is 10.1 Å². The highest BCUT2D eigenvalue weighted by Gasteiger charge is 2.12. The zero-order chi connectivity index (χ0) is 14.4. The average molecular weight is 273 g/mol. The molecule has 1 rings (SSSR count). The van der Waals surface area contributed by atoms with Gasteiger partial charge in [-0.15, -0.1) is 0 Å². The molecule has 0 aliphatic rings. The van der Waals surface area contributed by atoms with E-state index in [1.54, 1.807) is 19.1 Å². The number of nitrogens with one attached hydrogen (secondary N) is 1. The van der Waals surface area contributed by atoms with Crippen molar-refractivity contribution in [3.63, 3.8) is 0 Å². The van der Waals surface area contributed by atoms with Crippen molar-refractivity contribution in [3.8, 4) is 5.75 Å². The van der Waals surface area contributed by atoms with Gasteiger partial charge in [0, 0.05) is 12.1 Å². The lowest BCUT2D eigenvalue weighted by Gasteiger charge is -2.21. The lowest BCUT2D eigenvalue weighted by Crippen LogP contribution is -2.31. The summed E-state index contributed by atoms with van der Waals surface area (Å²) in [5, 5.41) is 12.6. The standard InChI is InChI=1S/C14H21F2NO2/c1-9(7-10(2)18)17-11(3)12-5-4-6-13(8-12)19-14(15)16/h4-6,8-11,14,17-18H,7H2,1-3H3. The van der Waals surface area contributed by atoms with Crippen molar-refractivity contribution in [2.75, 3.05) is 0 Å². The van der Waals surface area contributed by atoms with Crippen molar-refractivity contribution in [3.05, 3.63) is 29.8 Å². The van der Waals surface area contributed by atoms with Gasteiger partial charge in [0.1, 0.15) is 5.75 Å². The maximum Gasteiger partial charge on any atom is 0.387 e. The van der Waals surface area contributed by atoms with Gasteiger partial charge in [-0.1, -0.05) is 12.1 Å². The number of ether oxygens (including phenoxy) is 1. The molecule has 3 unspecified atom stereocenters. The molecular weight excluding hydrogens is 252 g/mol. The number of benzene rings is 1. The molecule has 0 fully saturated rings. The summed E-state index contributed by atoms with van der Waals surface area (Å²) < 4.78 is 28.7. The van der Waals surface area contributed by atoms with Crippen LogP contribution in [-0.2, 0) is 0 Å². The average Bonchev–Trinajstić information content (AvgIpc) is 2.27. The topological polar surface area (TPSA) is 41.5 Å². The summed E-state index contributed by atoms with van der Waals surface area (Å²) in [7, 11) is 0. The van der Waals surface area contributed by atoms with Crippen LogP contribution in [0.5, 0.6) is 5.75 Å². The molecule has 0 aromatic heterocycles. The molecule has 0 aliphatic heterocycles. The fourth-order valence-corrected chi connectivity index (χ4v) is 2.06. The Hall–Kier alpha value is -1.20. The zero-order valence-corrected chi connectivity index (χ0v) is 11.4. The van der Waals surface area contributed by atoms with Gasteiger partial charge in [0.15, 0.2) is 0 Å². The SMILES string of the molecule is CC(O)CC(C)NC(C)c1cccc(OC(F)F)c1. The number of alkyl halides is 2. The molecule has 0 saturated carbocycles. The van der Waals surface area contributed by atoms with Crippen LogP contribution in [0.3, 0.4) is 0 Å². The molecule has 0 bridgehead atoms. The molecule has 5 heteroatoms. The van der Waals surface area contributed by atoms with Crippen molar-refractivity contribution in [1.29, 1.82) is 0 Å². The van der Waals surface area contributed by atoms with Gasteiger partial charge in [-0.2, -0.15) is 8.78 Å². The van der Waals surface area contributed by atoms with Gasteiger partial charge in [-0.05, 0) is 44.9 Å². The number of rotatable bonds is 7. The van der Waals surface area contributed by atoms with Crippen LogP contribution in [0.2, 0.25) is 0 Å². The van der Waals surface area contributed by atoms with Crippen LogP contribution in [0.1, 0.15) is 38.8 Å². The Morgan fingerprint density at radius 3 is 2.53 bits per heavy atom. The lowest BCUT2D eigenvalue weighted by atomic mass is 10.1. The van der Waals surface area contributed by atoms with Crippen molar-refractivity contribution in [1.82, 2.24) is 5.32 Å². The highest BCUT2D eigenvalue weighted by Crippen LogP contribution is 2.21. The van der Waals surface area contributed by atoms with Crippen molar-refractivity contribution in [2.45, 2.75) is 52.0 Å². The Balaban J connectivity index is 2.63. The first-order valence-corrected chi connectivity index (χ1v) is 6.37. The third kappa shape index (κ3) is 5.98. The van der Waals surface area contributed by atoms with Crippen molar-refractivity contribution >= 4 is 0 Å². The molecule has 0 radical (unpaired) electrons. The van der Waals surface area contributed by atoms with E-state index in [1.807, 2.05) is 19.9 Å². The third-order valence-electron chi connectivity index (χ3n) is 2.81. The van der Waals surface area contributed by atoms with E-state index in [0.717, 1.165) is 5.56 Å². The summed E-state index contributed by atoms with van der Waals surface area (Å²) in [4.78, 5) is 0. The Kier molecular flexibility index (Phi) is 6.18. The minimum Gasteiger partial charge on any atom is -0.435 e. The quantitative estimate of drug-likeness (QED) is 0.802. The van der Waals surface area contributed by atoms with Gasteiger partial charge >= 0.3 is 6.61 Å². The molecule has 108 valence electrons. The predicted molar refractivity (Wildman–Crippen MR) is 70.4 cm³/mol. The van der Waals surface area contributed by atoms with E-state index in [4.69, 9.17) is 0 Å². The van der Waals surface area contributed by atoms with Crippen LogP contribution in [0.4, 0.5) is 8.78 Å². The Labute approximate surface area is 112 Å². The van der Waals surface area contributed by atoms with E-state index in [-0.39, 0.29) is 23.9 Å². The predicted octanol–water partition coefficient (Wildman–Crippen LogP) is 3.10. The molecule has 1 aromatic rings. The number of aliphatic hydroxyl groups excluding tert-OH is 1. The van der Waals surface area contributed by atoms with Gasteiger partial charge in [-0.3, -0.25) is 0 Å². The Bertz CT molecular complexity index is 385. The molecule has 1 aromatic carbocycles. The molecule has 3 nitrogen and oxygen atoms in total. The minimum atomic E-state index is -2.81. The second kappa shape index (κ2) is 7.40. The van der Waals surface area contributed by atoms with E-state index >= 15 is 0 Å². The summed E-state index contributed by atoms with van der Waals surface area (Å²) >= 11 is 0. The minimum absolute atomic E-state index is 0.00466. The molecule has 0 saturated heterocycles. The third-order valence-corrected chi connectivity index (χ3v) is 2.81. The molecule has 3 atom stereocenters. The van der Waals surface area contributed by atoms with Crippen LogP contribution in [-0.4, -0.2) is 23.9 Å². The van der Waals surface area contributed by atoms with Crippen LogP contribution in [0.25, 0.3) is 0 Å². The second-order valence-corrected chi connectivity index (χ2v) is 4.83. The maximum atomic E-state index is 12.1. The smallest absolute Gasteiger partial charge is 0.387 e. The highest BCUT2D eigenvalue weighted by atomic mass is 19.3. The fraction of sp³-hybridized carbons (Fsp3) is 0.571. The van der Waals surface area contributed by atoms with E-state index in [2.05, 4.69) is 10.1 Å². The molecule has 0 aliphatic carbocycles. The first-order chi connectivity index (χ1) is 8.88. The lowest BCUT2D eigenvalue weighted by molar-refractivity contribution is -0.0499.